The van der Waals surface area contributed by atoms with Crippen LogP contribution in [0, 0.1) is 11.3 Å². The summed E-state index contributed by atoms with van der Waals surface area (Å²) < 4.78 is 11.0. The Labute approximate surface area is 191 Å². The molecule has 9 heteroatoms. The van der Waals surface area contributed by atoms with Gasteiger partial charge in [-0.2, -0.15) is 5.26 Å². The zero-order valence-corrected chi connectivity index (χ0v) is 18.8. The predicted octanol–water partition coefficient (Wildman–Crippen LogP) is 3.17. The van der Waals surface area contributed by atoms with Crippen LogP contribution in [-0.4, -0.2) is 49.6 Å². The minimum Gasteiger partial charge on any atom is -0.486 e. The summed E-state index contributed by atoms with van der Waals surface area (Å²) in [5.74, 6) is 0.984. The number of likely N-dealkylation sites (N-methyl/N-ethyl adjacent to an activating group) is 1. The summed E-state index contributed by atoms with van der Waals surface area (Å²) in [7, 11) is 0. The van der Waals surface area contributed by atoms with E-state index in [2.05, 4.69) is 16.7 Å². The summed E-state index contributed by atoms with van der Waals surface area (Å²) in [6, 6.07) is 7.55. The number of carbonyl (C=O) groups excluding carboxylic acids is 2. The maximum atomic E-state index is 12.5. The van der Waals surface area contributed by atoms with Crippen LogP contribution in [0.15, 0.2) is 18.2 Å². The fourth-order valence-electron chi connectivity index (χ4n) is 3.93. The molecule has 0 radical (unpaired) electrons. The van der Waals surface area contributed by atoms with Gasteiger partial charge in [-0.05, 0) is 43.5 Å². The highest BCUT2D eigenvalue weighted by Crippen LogP contribution is 2.38. The van der Waals surface area contributed by atoms with E-state index in [-0.39, 0.29) is 24.8 Å². The van der Waals surface area contributed by atoms with Crippen LogP contribution in [0.25, 0.3) is 0 Å². The molecule has 1 aliphatic heterocycles. The number of hydrogen-bond acceptors (Lipinski definition) is 7. The van der Waals surface area contributed by atoms with Gasteiger partial charge >= 0.3 is 0 Å². The molecule has 2 amide bonds. The van der Waals surface area contributed by atoms with Crippen LogP contribution in [0.5, 0.6) is 11.5 Å². The van der Waals surface area contributed by atoms with E-state index in [0.29, 0.717) is 54.1 Å². The van der Waals surface area contributed by atoms with E-state index in [4.69, 9.17) is 9.47 Å². The monoisotopic (exact) mass is 454 g/mol. The van der Waals surface area contributed by atoms with Gasteiger partial charge in [0, 0.05) is 29.6 Å². The molecular weight excluding hydrogens is 428 g/mol. The number of anilines is 2. The van der Waals surface area contributed by atoms with Crippen LogP contribution in [0.2, 0.25) is 0 Å². The number of benzene rings is 1. The Hall–Kier alpha value is -3.09. The molecule has 4 rings (SSSR count). The van der Waals surface area contributed by atoms with Gasteiger partial charge in [0.2, 0.25) is 11.8 Å². The molecule has 2 aliphatic rings. The number of carbonyl (C=O) groups is 2. The topological polar surface area (TPSA) is 104 Å². The molecule has 1 aliphatic carbocycles. The fraction of sp³-hybridized carbons (Fsp3) is 0.435. The number of amides is 2. The third-order valence-electron chi connectivity index (χ3n) is 5.58. The average molecular weight is 455 g/mol. The van der Waals surface area contributed by atoms with Crippen LogP contribution >= 0.6 is 11.3 Å². The van der Waals surface area contributed by atoms with E-state index < -0.39 is 0 Å². The normalized spacial score (nSPS) is 14.0. The van der Waals surface area contributed by atoms with Crippen LogP contribution in [0.4, 0.5) is 10.7 Å². The fourth-order valence-corrected chi connectivity index (χ4v) is 5.19. The number of hydrogen-bond donors (Lipinski definition) is 2. The highest BCUT2D eigenvalue weighted by molar-refractivity contribution is 7.16. The van der Waals surface area contributed by atoms with Gasteiger partial charge in [-0.3, -0.25) is 14.5 Å². The van der Waals surface area contributed by atoms with Crippen molar-refractivity contribution in [3.8, 4) is 17.6 Å². The van der Waals surface area contributed by atoms with Gasteiger partial charge in [0.05, 0.1) is 12.1 Å². The Balaban J connectivity index is 1.27. The third kappa shape index (κ3) is 5.03. The second kappa shape index (κ2) is 10.0. The first-order chi connectivity index (χ1) is 15.6. The van der Waals surface area contributed by atoms with Gasteiger partial charge in [0.1, 0.15) is 24.3 Å². The van der Waals surface area contributed by atoms with E-state index in [1.54, 1.807) is 18.2 Å². The van der Waals surface area contributed by atoms with Crippen molar-refractivity contribution in [3.05, 3.63) is 34.2 Å². The first-order valence-electron chi connectivity index (χ1n) is 10.8. The quantitative estimate of drug-likeness (QED) is 0.635. The number of fused-ring (bicyclic) bond motifs is 2. The molecular formula is C23H26N4O4S. The molecule has 0 saturated carbocycles. The maximum absolute atomic E-state index is 12.5. The van der Waals surface area contributed by atoms with Gasteiger partial charge in [-0.15, -0.1) is 11.3 Å². The molecule has 2 heterocycles. The number of rotatable bonds is 8. The first-order valence-corrected chi connectivity index (χ1v) is 11.7. The minimum absolute atomic E-state index is 0.146. The Bertz CT molecular complexity index is 1060. The average Bonchev–Trinajstić information content (AvgIpc) is 3.37. The molecule has 0 saturated heterocycles. The Morgan fingerprint density at radius 1 is 1.16 bits per heavy atom. The second-order valence-electron chi connectivity index (χ2n) is 7.75. The number of aryl methyl sites for hydroxylation is 1. The molecule has 2 aromatic rings. The van der Waals surface area contributed by atoms with Crippen molar-refractivity contribution in [2.45, 2.75) is 32.6 Å². The molecule has 8 nitrogen and oxygen atoms in total. The van der Waals surface area contributed by atoms with Gasteiger partial charge in [0.15, 0.2) is 11.5 Å². The molecule has 0 atom stereocenters. The standard InChI is InChI=1S/C23H26N4O4S/c1-2-27(14-22(29)25-15-6-7-18-19(12-15)31-11-10-30-18)9-8-21(28)26-23-17(13-24)16-4-3-5-20(16)32-23/h6-7,12H,2-5,8-11,14H2,1H3,(H,25,29)(H,26,28). The molecule has 2 N–H and O–H groups in total. The molecule has 0 fully saturated rings. The molecule has 1 aromatic carbocycles. The number of thiophene rings is 1. The number of nitriles is 1. The number of nitrogens with one attached hydrogen (secondary N) is 2. The van der Waals surface area contributed by atoms with E-state index >= 15 is 0 Å². The lowest BCUT2D eigenvalue weighted by molar-refractivity contribution is -0.119. The summed E-state index contributed by atoms with van der Waals surface area (Å²) in [6.45, 7) is 4.22. The Morgan fingerprint density at radius 3 is 2.75 bits per heavy atom. The smallest absolute Gasteiger partial charge is 0.238 e. The van der Waals surface area contributed by atoms with Gasteiger partial charge in [0.25, 0.3) is 0 Å². The summed E-state index contributed by atoms with van der Waals surface area (Å²) in [6.07, 6.45) is 3.21. The third-order valence-corrected chi connectivity index (χ3v) is 6.79. The van der Waals surface area contributed by atoms with Crippen molar-refractivity contribution in [2.75, 3.05) is 43.5 Å². The second-order valence-corrected chi connectivity index (χ2v) is 8.85. The minimum atomic E-state index is -0.162. The highest BCUT2D eigenvalue weighted by atomic mass is 32.1. The van der Waals surface area contributed by atoms with E-state index in [1.165, 1.54) is 16.2 Å². The van der Waals surface area contributed by atoms with E-state index in [1.807, 2.05) is 11.8 Å². The van der Waals surface area contributed by atoms with Crippen molar-refractivity contribution < 1.29 is 19.1 Å². The highest BCUT2D eigenvalue weighted by Gasteiger charge is 2.23. The number of nitrogens with zero attached hydrogens (tertiary/aromatic N) is 2. The van der Waals surface area contributed by atoms with Gasteiger partial charge in [-0.25, -0.2) is 0 Å². The lowest BCUT2D eigenvalue weighted by Gasteiger charge is -2.21. The Morgan fingerprint density at radius 2 is 1.97 bits per heavy atom. The molecule has 0 unspecified atom stereocenters. The van der Waals surface area contributed by atoms with Crippen molar-refractivity contribution in [2.24, 2.45) is 0 Å². The summed E-state index contributed by atoms with van der Waals surface area (Å²) >= 11 is 1.51. The SMILES string of the molecule is CCN(CCC(=O)Nc1sc2c(c1C#N)CCC2)CC(=O)Nc1ccc2c(c1)OCCO2. The zero-order chi connectivity index (χ0) is 22.5. The summed E-state index contributed by atoms with van der Waals surface area (Å²) in [5.41, 5.74) is 2.35. The number of ether oxygens (including phenoxy) is 2. The largest absolute Gasteiger partial charge is 0.486 e. The van der Waals surface area contributed by atoms with Crippen molar-refractivity contribution in [1.29, 1.82) is 5.26 Å². The van der Waals surface area contributed by atoms with Gasteiger partial charge < -0.3 is 20.1 Å². The van der Waals surface area contributed by atoms with Crippen LogP contribution in [0.1, 0.15) is 35.8 Å². The first kappa shape index (κ1) is 22.1. The lowest BCUT2D eigenvalue weighted by Crippen LogP contribution is -2.35. The zero-order valence-electron chi connectivity index (χ0n) is 18.0. The summed E-state index contributed by atoms with van der Waals surface area (Å²) in [5, 5.41) is 15.9. The van der Waals surface area contributed by atoms with Crippen LogP contribution in [-0.2, 0) is 22.4 Å². The van der Waals surface area contributed by atoms with Crippen molar-refractivity contribution in [1.82, 2.24) is 4.90 Å². The molecule has 32 heavy (non-hydrogen) atoms. The predicted molar refractivity (Wildman–Crippen MR) is 122 cm³/mol. The summed E-state index contributed by atoms with van der Waals surface area (Å²) in [4.78, 5) is 28.1. The van der Waals surface area contributed by atoms with Crippen LogP contribution < -0.4 is 20.1 Å². The molecule has 0 spiro atoms. The van der Waals surface area contributed by atoms with E-state index in [9.17, 15) is 14.9 Å². The van der Waals surface area contributed by atoms with Crippen molar-refractivity contribution >= 4 is 33.8 Å². The van der Waals surface area contributed by atoms with Gasteiger partial charge in [-0.1, -0.05) is 6.92 Å². The molecule has 1 aromatic heterocycles. The van der Waals surface area contributed by atoms with Crippen LogP contribution in [0.3, 0.4) is 0 Å². The molecule has 0 bridgehead atoms. The molecule has 168 valence electrons. The lowest BCUT2D eigenvalue weighted by atomic mass is 10.1. The van der Waals surface area contributed by atoms with Crippen molar-refractivity contribution in [3.63, 3.8) is 0 Å². The Kier molecular flexibility index (Phi) is 6.93. The van der Waals surface area contributed by atoms with E-state index in [0.717, 1.165) is 24.8 Å². The maximum Gasteiger partial charge on any atom is 0.238 e.